The minimum absolute atomic E-state index is 0.0683. The Labute approximate surface area is 160 Å². The van der Waals surface area contributed by atoms with Gasteiger partial charge in [-0.25, -0.2) is 13.1 Å². The summed E-state index contributed by atoms with van der Waals surface area (Å²) in [5.74, 6) is 0.952. The molecule has 1 N–H and O–H groups in total. The maximum atomic E-state index is 12.8. The molecule has 2 unspecified atom stereocenters. The molecule has 1 aromatic carbocycles. The lowest BCUT2D eigenvalue weighted by Crippen LogP contribution is -2.42. The Hall–Kier alpha value is -2.12. The van der Waals surface area contributed by atoms with Crippen LogP contribution in [0.2, 0.25) is 0 Å². The second-order valence-electron chi connectivity index (χ2n) is 7.17. The van der Waals surface area contributed by atoms with Crippen molar-refractivity contribution in [3.05, 3.63) is 54.0 Å². The monoisotopic (exact) mass is 390 g/mol. The van der Waals surface area contributed by atoms with E-state index < -0.39 is 10.0 Å². The molecule has 7 heteroatoms. The van der Waals surface area contributed by atoms with Crippen molar-refractivity contribution >= 4 is 15.9 Å². The SMILES string of the molecule is CC1CCCCC1N(C)C(=O)c1ccc(S(=O)(=O)NCc2ccco2)cc1. The van der Waals surface area contributed by atoms with E-state index in [1.807, 2.05) is 11.9 Å². The van der Waals surface area contributed by atoms with Crippen LogP contribution in [0, 0.1) is 5.92 Å². The van der Waals surface area contributed by atoms with Crippen LogP contribution in [0.25, 0.3) is 0 Å². The van der Waals surface area contributed by atoms with Crippen LogP contribution in [0.4, 0.5) is 0 Å². The minimum Gasteiger partial charge on any atom is -0.468 e. The van der Waals surface area contributed by atoms with Crippen LogP contribution >= 0.6 is 0 Å². The Morgan fingerprint density at radius 3 is 2.52 bits per heavy atom. The Kier molecular flexibility index (Phi) is 6.01. The highest BCUT2D eigenvalue weighted by molar-refractivity contribution is 7.89. The smallest absolute Gasteiger partial charge is 0.253 e. The molecule has 1 fully saturated rings. The highest BCUT2D eigenvalue weighted by Crippen LogP contribution is 2.28. The molecule has 1 aromatic heterocycles. The van der Waals surface area contributed by atoms with Crippen LogP contribution in [0.15, 0.2) is 52.0 Å². The number of carbonyl (C=O) groups excluding carboxylic acids is 1. The molecule has 1 aliphatic rings. The first-order valence-corrected chi connectivity index (χ1v) is 10.8. The van der Waals surface area contributed by atoms with E-state index in [1.54, 1.807) is 24.3 Å². The molecular weight excluding hydrogens is 364 g/mol. The van der Waals surface area contributed by atoms with Crippen molar-refractivity contribution in [3.63, 3.8) is 0 Å². The van der Waals surface area contributed by atoms with Crippen LogP contribution in [-0.2, 0) is 16.6 Å². The van der Waals surface area contributed by atoms with Crippen molar-refractivity contribution < 1.29 is 17.6 Å². The van der Waals surface area contributed by atoms with Gasteiger partial charge in [-0.05, 0) is 55.2 Å². The van der Waals surface area contributed by atoms with Gasteiger partial charge in [0, 0.05) is 18.7 Å². The average molecular weight is 391 g/mol. The third kappa shape index (κ3) is 4.59. The second kappa shape index (κ2) is 8.27. The van der Waals surface area contributed by atoms with Gasteiger partial charge in [0.1, 0.15) is 5.76 Å². The lowest BCUT2D eigenvalue weighted by Gasteiger charge is -2.36. The maximum Gasteiger partial charge on any atom is 0.253 e. The van der Waals surface area contributed by atoms with Crippen LogP contribution in [0.5, 0.6) is 0 Å². The third-order valence-corrected chi connectivity index (χ3v) is 6.73. The van der Waals surface area contributed by atoms with E-state index in [9.17, 15) is 13.2 Å². The quantitative estimate of drug-likeness (QED) is 0.820. The van der Waals surface area contributed by atoms with E-state index in [0.29, 0.717) is 17.2 Å². The Balaban J connectivity index is 1.67. The molecule has 3 rings (SSSR count). The first-order valence-electron chi connectivity index (χ1n) is 9.28. The Bertz CT molecular complexity index is 860. The summed E-state index contributed by atoms with van der Waals surface area (Å²) in [7, 11) is -1.83. The van der Waals surface area contributed by atoms with Gasteiger partial charge in [0.15, 0.2) is 0 Å². The number of hydrogen-bond acceptors (Lipinski definition) is 4. The summed E-state index contributed by atoms with van der Waals surface area (Å²) in [6.07, 6.45) is 6.02. The van der Waals surface area contributed by atoms with Crippen molar-refractivity contribution in [2.75, 3.05) is 7.05 Å². The van der Waals surface area contributed by atoms with Crippen molar-refractivity contribution in [2.24, 2.45) is 5.92 Å². The molecule has 2 aromatic rings. The minimum atomic E-state index is -3.66. The standard InChI is InChI=1S/C20H26N2O4S/c1-15-6-3-4-8-19(15)22(2)20(23)16-9-11-18(12-10-16)27(24,25)21-14-17-7-5-13-26-17/h5,7,9-13,15,19,21H,3-4,6,8,14H2,1-2H3. The predicted molar refractivity (Wildman–Crippen MR) is 103 cm³/mol. The molecule has 1 saturated carbocycles. The maximum absolute atomic E-state index is 12.8. The van der Waals surface area contributed by atoms with Crippen molar-refractivity contribution in [2.45, 2.75) is 50.1 Å². The number of nitrogens with zero attached hydrogens (tertiary/aromatic N) is 1. The number of hydrogen-bond donors (Lipinski definition) is 1. The van der Waals surface area contributed by atoms with Crippen LogP contribution in [-0.4, -0.2) is 32.3 Å². The van der Waals surface area contributed by atoms with Crippen LogP contribution in [0.1, 0.15) is 48.7 Å². The zero-order chi connectivity index (χ0) is 19.4. The lowest BCUT2D eigenvalue weighted by molar-refractivity contribution is 0.0629. The van der Waals surface area contributed by atoms with E-state index in [4.69, 9.17) is 4.42 Å². The molecule has 0 bridgehead atoms. The zero-order valence-electron chi connectivity index (χ0n) is 15.7. The van der Waals surface area contributed by atoms with Crippen LogP contribution in [0.3, 0.4) is 0 Å². The first-order chi connectivity index (χ1) is 12.9. The molecule has 1 amide bonds. The van der Waals surface area contributed by atoms with Gasteiger partial charge >= 0.3 is 0 Å². The fourth-order valence-electron chi connectivity index (χ4n) is 3.67. The van der Waals surface area contributed by atoms with Gasteiger partial charge in [0.05, 0.1) is 17.7 Å². The number of furan rings is 1. The van der Waals surface area contributed by atoms with Gasteiger partial charge in [-0.1, -0.05) is 19.8 Å². The van der Waals surface area contributed by atoms with Gasteiger partial charge in [-0.15, -0.1) is 0 Å². The summed E-state index contributed by atoms with van der Waals surface area (Å²) in [5.41, 5.74) is 0.500. The number of amides is 1. The lowest BCUT2D eigenvalue weighted by atomic mass is 9.85. The molecule has 146 valence electrons. The molecule has 0 spiro atoms. The van der Waals surface area contributed by atoms with Crippen molar-refractivity contribution in [1.29, 1.82) is 0 Å². The second-order valence-corrected chi connectivity index (χ2v) is 8.94. The van der Waals surface area contributed by atoms with Gasteiger partial charge < -0.3 is 9.32 Å². The number of sulfonamides is 1. The van der Waals surface area contributed by atoms with Gasteiger partial charge in [-0.3, -0.25) is 4.79 Å². The summed E-state index contributed by atoms with van der Waals surface area (Å²) in [6, 6.07) is 9.73. The topological polar surface area (TPSA) is 79.6 Å². The third-order valence-electron chi connectivity index (χ3n) is 5.31. The summed E-state index contributed by atoms with van der Waals surface area (Å²) >= 11 is 0. The molecule has 1 aliphatic carbocycles. The summed E-state index contributed by atoms with van der Waals surface area (Å²) in [6.45, 7) is 2.27. The molecule has 6 nitrogen and oxygen atoms in total. The average Bonchev–Trinajstić information content (AvgIpc) is 3.20. The molecule has 2 atom stereocenters. The fourth-order valence-corrected chi connectivity index (χ4v) is 4.66. The van der Waals surface area contributed by atoms with Crippen molar-refractivity contribution in [3.8, 4) is 0 Å². The van der Waals surface area contributed by atoms with Gasteiger partial charge in [0.25, 0.3) is 5.91 Å². The highest BCUT2D eigenvalue weighted by atomic mass is 32.2. The van der Waals surface area contributed by atoms with Crippen LogP contribution < -0.4 is 4.72 Å². The molecule has 0 radical (unpaired) electrons. The predicted octanol–water partition coefficient (Wildman–Crippen LogP) is 3.41. The summed E-state index contributed by atoms with van der Waals surface area (Å²) < 4.78 is 32.4. The highest BCUT2D eigenvalue weighted by Gasteiger charge is 2.28. The van der Waals surface area contributed by atoms with Crippen molar-refractivity contribution in [1.82, 2.24) is 9.62 Å². The number of benzene rings is 1. The number of carbonyl (C=O) groups is 1. The Morgan fingerprint density at radius 2 is 1.89 bits per heavy atom. The number of nitrogens with one attached hydrogen (secondary N) is 1. The zero-order valence-corrected chi connectivity index (χ0v) is 16.5. The number of rotatable bonds is 6. The largest absolute Gasteiger partial charge is 0.468 e. The molecule has 1 heterocycles. The van der Waals surface area contributed by atoms with E-state index in [-0.39, 0.29) is 23.4 Å². The molecule has 0 aliphatic heterocycles. The molecular formula is C20H26N2O4S. The van der Waals surface area contributed by atoms with E-state index in [0.717, 1.165) is 19.3 Å². The van der Waals surface area contributed by atoms with Gasteiger partial charge in [-0.2, -0.15) is 0 Å². The summed E-state index contributed by atoms with van der Waals surface area (Å²) in [5, 5.41) is 0. The normalized spacial score (nSPS) is 20.4. The van der Waals surface area contributed by atoms with E-state index in [2.05, 4.69) is 11.6 Å². The molecule has 27 heavy (non-hydrogen) atoms. The Morgan fingerprint density at radius 1 is 1.19 bits per heavy atom. The van der Waals surface area contributed by atoms with Gasteiger partial charge in [0.2, 0.25) is 10.0 Å². The first kappa shape index (κ1) is 19.6. The summed E-state index contributed by atoms with van der Waals surface area (Å²) in [4.78, 5) is 14.7. The van der Waals surface area contributed by atoms with E-state index in [1.165, 1.54) is 24.8 Å². The van der Waals surface area contributed by atoms with E-state index >= 15 is 0 Å². The fraction of sp³-hybridized carbons (Fsp3) is 0.450. The molecule has 0 saturated heterocycles.